The van der Waals surface area contributed by atoms with Gasteiger partial charge < -0.3 is 18.6 Å². The van der Waals surface area contributed by atoms with Gasteiger partial charge >= 0.3 is 6.09 Å². The molecule has 1 aliphatic heterocycles. The smallest absolute Gasteiger partial charge is 0.417 e. The number of likely N-dealkylation sites (tertiary alicyclic amines) is 1. The van der Waals surface area contributed by atoms with E-state index in [1.165, 1.54) is 4.90 Å². The second kappa shape index (κ2) is 8.66. The lowest BCUT2D eigenvalue weighted by molar-refractivity contribution is -0.130. The first-order chi connectivity index (χ1) is 18.0. The Morgan fingerprint density at radius 3 is 2.53 bits per heavy atom. The van der Waals surface area contributed by atoms with E-state index in [4.69, 9.17) is 19.0 Å². The Kier molecular flexibility index (Phi) is 5.72. The van der Waals surface area contributed by atoms with Crippen molar-refractivity contribution in [3.8, 4) is 11.1 Å². The molecule has 0 N–H and O–H groups in total. The number of piperidine rings is 1. The second-order valence-electron chi connectivity index (χ2n) is 12.1. The SMILES string of the molecule is COC1CCC(n2c([C@]34C[C@H]3CC(=O)N4C(=O)OC(C)(C)C)nc3cc(-c4c(C)noc4C)ccc32)CC1. The molecule has 2 amide bonds. The first kappa shape index (κ1) is 25.1. The highest BCUT2D eigenvalue weighted by Crippen LogP contribution is 2.63. The molecule has 2 aromatic heterocycles. The molecule has 0 radical (unpaired) electrons. The number of carbonyl (C=O) groups excluding carboxylic acids is 2. The Balaban J connectivity index is 1.49. The Morgan fingerprint density at radius 2 is 1.89 bits per heavy atom. The molecule has 1 saturated heterocycles. The maximum Gasteiger partial charge on any atom is 0.417 e. The van der Waals surface area contributed by atoms with Crippen molar-refractivity contribution in [2.45, 2.75) is 96.4 Å². The van der Waals surface area contributed by atoms with Gasteiger partial charge in [0.2, 0.25) is 5.91 Å². The van der Waals surface area contributed by atoms with Crippen molar-refractivity contribution in [1.29, 1.82) is 0 Å². The van der Waals surface area contributed by atoms with Gasteiger partial charge in [0.1, 0.15) is 22.7 Å². The fourth-order valence-corrected chi connectivity index (χ4v) is 6.67. The van der Waals surface area contributed by atoms with Crippen LogP contribution < -0.4 is 0 Å². The Hall–Kier alpha value is -3.20. The number of imide groups is 1. The van der Waals surface area contributed by atoms with Crippen LogP contribution in [0.2, 0.25) is 0 Å². The molecule has 2 aliphatic carbocycles. The zero-order valence-electron chi connectivity index (χ0n) is 23.0. The van der Waals surface area contributed by atoms with E-state index in [1.54, 1.807) is 7.11 Å². The van der Waals surface area contributed by atoms with Gasteiger partial charge in [0.05, 0.1) is 22.8 Å². The summed E-state index contributed by atoms with van der Waals surface area (Å²) in [5.74, 6) is 1.42. The molecule has 9 heteroatoms. The maximum atomic E-state index is 13.4. The fraction of sp³-hybridized carbons (Fsp3) is 0.586. The van der Waals surface area contributed by atoms with Crippen molar-refractivity contribution >= 4 is 23.0 Å². The van der Waals surface area contributed by atoms with E-state index < -0.39 is 17.2 Å². The molecule has 2 saturated carbocycles. The number of benzene rings is 1. The van der Waals surface area contributed by atoms with Crippen LogP contribution in [0.5, 0.6) is 0 Å². The Morgan fingerprint density at radius 1 is 1.16 bits per heavy atom. The predicted octanol–water partition coefficient (Wildman–Crippen LogP) is 5.82. The van der Waals surface area contributed by atoms with Crippen LogP contribution >= 0.6 is 0 Å². The quantitative estimate of drug-likeness (QED) is 0.427. The van der Waals surface area contributed by atoms with E-state index in [-0.39, 0.29) is 24.0 Å². The van der Waals surface area contributed by atoms with Crippen LogP contribution in [0.25, 0.3) is 22.2 Å². The molecule has 3 aliphatic rings. The van der Waals surface area contributed by atoms with Crippen LogP contribution in [0.15, 0.2) is 22.7 Å². The van der Waals surface area contributed by atoms with Gasteiger partial charge in [-0.05, 0) is 84.4 Å². The number of aromatic nitrogens is 3. The molecule has 0 unspecified atom stereocenters. The van der Waals surface area contributed by atoms with Gasteiger partial charge in [-0.2, -0.15) is 0 Å². The van der Waals surface area contributed by atoms with E-state index >= 15 is 0 Å². The molecule has 9 nitrogen and oxygen atoms in total. The van der Waals surface area contributed by atoms with Gasteiger partial charge in [0, 0.05) is 31.1 Å². The molecule has 3 aromatic rings. The molecule has 0 spiro atoms. The average Bonchev–Trinajstić information content (AvgIpc) is 3.12. The van der Waals surface area contributed by atoms with Crippen LogP contribution in [0.4, 0.5) is 4.79 Å². The molecule has 3 fully saturated rings. The lowest BCUT2D eigenvalue weighted by atomic mass is 9.92. The van der Waals surface area contributed by atoms with Crippen molar-refractivity contribution in [2.24, 2.45) is 5.92 Å². The molecule has 38 heavy (non-hydrogen) atoms. The topological polar surface area (TPSA) is 99.7 Å². The van der Waals surface area contributed by atoms with Crippen LogP contribution in [-0.4, -0.2) is 50.4 Å². The lowest BCUT2D eigenvalue weighted by Crippen LogP contribution is -2.45. The van der Waals surface area contributed by atoms with Gasteiger partial charge in [-0.3, -0.25) is 4.79 Å². The first-order valence-electron chi connectivity index (χ1n) is 13.6. The second-order valence-corrected chi connectivity index (χ2v) is 12.1. The van der Waals surface area contributed by atoms with Gasteiger partial charge in [-0.15, -0.1) is 0 Å². The minimum atomic E-state index is -0.764. The van der Waals surface area contributed by atoms with E-state index in [0.29, 0.717) is 12.8 Å². The summed E-state index contributed by atoms with van der Waals surface area (Å²) in [7, 11) is 1.77. The maximum absolute atomic E-state index is 13.4. The fourth-order valence-electron chi connectivity index (χ4n) is 6.67. The number of carbonyl (C=O) groups is 2. The first-order valence-corrected chi connectivity index (χ1v) is 13.6. The number of rotatable bonds is 4. The number of hydrogen-bond donors (Lipinski definition) is 0. The highest BCUT2D eigenvalue weighted by molar-refractivity contribution is 5.97. The Bertz CT molecular complexity index is 1410. The van der Waals surface area contributed by atoms with Gasteiger partial charge in [0.25, 0.3) is 0 Å². The molecule has 1 aromatic carbocycles. The minimum absolute atomic E-state index is 0.0513. The number of hydrogen-bond acceptors (Lipinski definition) is 7. The summed E-state index contributed by atoms with van der Waals surface area (Å²) in [6.45, 7) is 9.31. The molecule has 202 valence electrons. The molecular weight excluding hydrogens is 484 g/mol. The summed E-state index contributed by atoms with van der Waals surface area (Å²) in [5.41, 5.74) is 3.18. The molecular formula is C29H36N4O5. The number of nitrogens with zero attached hydrogens (tertiary/aromatic N) is 4. The molecule has 2 atom stereocenters. The zero-order chi connectivity index (χ0) is 27.0. The normalized spacial score (nSPS) is 27.2. The van der Waals surface area contributed by atoms with E-state index in [2.05, 4.69) is 27.9 Å². The summed E-state index contributed by atoms with van der Waals surface area (Å²) in [4.78, 5) is 33.1. The number of methoxy groups -OCH3 is 1. The van der Waals surface area contributed by atoms with Gasteiger partial charge in [0.15, 0.2) is 0 Å². The summed E-state index contributed by atoms with van der Waals surface area (Å²) < 4.78 is 19.1. The number of ether oxygens (including phenoxy) is 2. The van der Waals surface area contributed by atoms with Crippen LogP contribution in [-0.2, 0) is 19.8 Å². The third-order valence-corrected chi connectivity index (χ3v) is 8.46. The minimum Gasteiger partial charge on any atom is -0.443 e. The summed E-state index contributed by atoms with van der Waals surface area (Å²) >= 11 is 0. The number of imidazole rings is 1. The summed E-state index contributed by atoms with van der Waals surface area (Å²) in [6, 6.07) is 6.48. The van der Waals surface area contributed by atoms with E-state index in [1.807, 2.05) is 34.6 Å². The van der Waals surface area contributed by atoms with Crippen LogP contribution in [0.1, 0.15) is 82.6 Å². The monoisotopic (exact) mass is 520 g/mol. The number of amides is 2. The average molecular weight is 521 g/mol. The molecule has 3 heterocycles. The van der Waals surface area contributed by atoms with Crippen molar-refractivity contribution in [2.75, 3.05) is 7.11 Å². The van der Waals surface area contributed by atoms with Gasteiger partial charge in [-0.25, -0.2) is 14.7 Å². The standard InChI is InChI=1S/C29H36N4O5/c1-16-25(17(2)38-31-16)18-7-12-23-22(13-18)30-26(32(23)20-8-10-21(36-6)11-9-20)29-15-19(29)14-24(34)33(29)27(35)37-28(3,4)5/h7,12-13,19-21H,8-11,14-15H2,1-6H3/t19-,20?,21?,29+/m1/s1. The predicted molar refractivity (Wildman–Crippen MR) is 140 cm³/mol. The third kappa shape index (κ3) is 3.85. The molecule has 0 bridgehead atoms. The highest BCUT2D eigenvalue weighted by Gasteiger charge is 2.71. The largest absolute Gasteiger partial charge is 0.443 e. The van der Waals surface area contributed by atoms with E-state index in [0.717, 1.165) is 65.1 Å². The van der Waals surface area contributed by atoms with Crippen molar-refractivity contribution in [3.63, 3.8) is 0 Å². The number of fused-ring (bicyclic) bond motifs is 2. The van der Waals surface area contributed by atoms with Crippen molar-refractivity contribution < 1.29 is 23.6 Å². The zero-order valence-corrected chi connectivity index (χ0v) is 23.0. The summed E-state index contributed by atoms with van der Waals surface area (Å²) in [5, 5.41) is 4.12. The van der Waals surface area contributed by atoms with Crippen LogP contribution in [0, 0.1) is 19.8 Å². The highest BCUT2D eigenvalue weighted by atomic mass is 16.6. The van der Waals surface area contributed by atoms with Crippen molar-refractivity contribution in [1.82, 2.24) is 19.6 Å². The van der Waals surface area contributed by atoms with Gasteiger partial charge in [-0.1, -0.05) is 11.2 Å². The van der Waals surface area contributed by atoms with E-state index in [9.17, 15) is 9.59 Å². The lowest BCUT2D eigenvalue weighted by Gasteiger charge is -2.33. The molecule has 6 rings (SSSR count). The summed E-state index contributed by atoms with van der Waals surface area (Å²) in [6.07, 6.45) is 4.54. The number of aryl methyl sites for hydroxylation is 2. The van der Waals surface area contributed by atoms with Crippen molar-refractivity contribution in [3.05, 3.63) is 35.5 Å². The Labute approximate surface area is 222 Å². The third-order valence-electron chi connectivity index (χ3n) is 8.46. The van der Waals surface area contributed by atoms with Crippen LogP contribution in [0.3, 0.4) is 0 Å².